The number of ketones is 1. The fourth-order valence-corrected chi connectivity index (χ4v) is 4.04. The minimum atomic E-state index is 0.177. The van der Waals surface area contributed by atoms with E-state index in [0.717, 1.165) is 22.2 Å². The molecule has 0 atom stereocenters. The van der Waals surface area contributed by atoms with Gasteiger partial charge in [-0.1, -0.05) is 24.3 Å². The molecule has 1 aliphatic carbocycles. The maximum Gasteiger partial charge on any atom is 0.141 e. The molecule has 0 fully saturated rings. The zero-order valence-corrected chi connectivity index (χ0v) is 12.3. The highest BCUT2D eigenvalue weighted by atomic mass is 79.9. The number of fused-ring (bicyclic) bond motifs is 1. The van der Waals surface area contributed by atoms with Crippen LogP contribution in [0.4, 0.5) is 0 Å². The first-order valence-corrected chi connectivity index (χ1v) is 7.72. The molecule has 1 aliphatic rings. The van der Waals surface area contributed by atoms with Crippen LogP contribution in [0, 0.1) is 5.92 Å². The molecule has 0 aliphatic heterocycles. The second-order valence-electron chi connectivity index (χ2n) is 4.71. The Morgan fingerprint density at radius 3 is 2.44 bits per heavy atom. The summed E-state index contributed by atoms with van der Waals surface area (Å²) in [7, 11) is 0. The lowest BCUT2D eigenvalue weighted by Gasteiger charge is -2.07. The predicted octanol–water partition coefficient (Wildman–Crippen LogP) is 4.04. The molecule has 92 valence electrons. The van der Waals surface area contributed by atoms with Crippen LogP contribution >= 0.6 is 27.3 Å². The van der Waals surface area contributed by atoms with Crippen molar-refractivity contribution >= 4 is 33.0 Å². The number of thiophene rings is 1. The number of hydrogen-bond donors (Lipinski definition) is 0. The summed E-state index contributed by atoms with van der Waals surface area (Å²) in [6, 6.07) is 10.4. The second kappa shape index (κ2) is 4.98. The standard InChI is InChI=1S/C15H13BrOS/c16-13-5-6-18-15(13)9-14(17)12-7-10-3-1-2-4-11(10)8-12/h1-6,12H,7-9H2. The van der Waals surface area contributed by atoms with E-state index in [9.17, 15) is 4.79 Å². The summed E-state index contributed by atoms with van der Waals surface area (Å²) in [6.45, 7) is 0. The van der Waals surface area contributed by atoms with Crippen LogP contribution < -0.4 is 0 Å². The molecule has 0 N–H and O–H groups in total. The number of halogens is 1. The molecule has 1 aromatic heterocycles. The van der Waals surface area contributed by atoms with Crippen LogP contribution in [0.1, 0.15) is 16.0 Å². The van der Waals surface area contributed by atoms with Crippen molar-refractivity contribution in [3.63, 3.8) is 0 Å². The fourth-order valence-electron chi connectivity index (χ4n) is 2.54. The summed E-state index contributed by atoms with van der Waals surface area (Å²) >= 11 is 5.14. The topological polar surface area (TPSA) is 17.1 Å². The van der Waals surface area contributed by atoms with E-state index in [2.05, 4.69) is 40.2 Å². The van der Waals surface area contributed by atoms with Gasteiger partial charge in [-0.3, -0.25) is 4.79 Å². The van der Waals surface area contributed by atoms with Gasteiger partial charge in [0.1, 0.15) is 5.78 Å². The number of carbonyl (C=O) groups is 1. The lowest BCUT2D eigenvalue weighted by molar-refractivity contribution is -0.121. The van der Waals surface area contributed by atoms with E-state index in [1.807, 2.05) is 11.4 Å². The van der Waals surface area contributed by atoms with Crippen LogP contribution in [-0.2, 0) is 24.1 Å². The Balaban J connectivity index is 1.71. The summed E-state index contributed by atoms with van der Waals surface area (Å²) in [5, 5.41) is 2.02. The summed E-state index contributed by atoms with van der Waals surface area (Å²) in [4.78, 5) is 13.5. The van der Waals surface area contributed by atoms with Crippen molar-refractivity contribution < 1.29 is 4.79 Å². The van der Waals surface area contributed by atoms with Gasteiger partial charge in [-0.2, -0.15) is 0 Å². The van der Waals surface area contributed by atoms with E-state index in [0.29, 0.717) is 12.2 Å². The first kappa shape index (κ1) is 12.1. The van der Waals surface area contributed by atoms with Crippen molar-refractivity contribution in [2.24, 2.45) is 5.92 Å². The SMILES string of the molecule is O=C(Cc1sccc1Br)C1Cc2ccccc2C1. The molecular formula is C15H13BrOS. The van der Waals surface area contributed by atoms with Gasteiger partial charge in [0, 0.05) is 21.7 Å². The van der Waals surface area contributed by atoms with Gasteiger partial charge >= 0.3 is 0 Å². The molecule has 1 aromatic carbocycles. The van der Waals surface area contributed by atoms with Crippen molar-refractivity contribution in [3.05, 3.63) is 56.2 Å². The van der Waals surface area contributed by atoms with Crippen molar-refractivity contribution in [2.45, 2.75) is 19.3 Å². The molecular weight excluding hydrogens is 308 g/mol. The molecule has 0 unspecified atom stereocenters. The van der Waals surface area contributed by atoms with Crippen molar-refractivity contribution in [1.29, 1.82) is 0 Å². The Kier molecular flexibility index (Phi) is 3.35. The number of carbonyl (C=O) groups excluding carboxylic acids is 1. The smallest absolute Gasteiger partial charge is 0.141 e. The van der Waals surface area contributed by atoms with Crippen LogP contribution in [0.2, 0.25) is 0 Å². The van der Waals surface area contributed by atoms with E-state index in [4.69, 9.17) is 0 Å². The highest BCUT2D eigenvalue weighted by molar-refractivity contribution is 9.10. The predicted molar refractivity (Wildman–Crippen MR) is 78.1 cm³/mol. The van der Waals surface area contributed by atoms with E-state index in [1.54, 1.807) is 11.3 Å². The molecule has 0 bridgehead atoms. The quantitative estimate of drug-likeness (QED) is 0.834. The number of benzene rings is 1. The van der Waals surface area contributed by atoms with E-state index >= 15 is 0 Å². The van der Waals surface area contributed by atoms with Gasteiger partial charge in [0.2, 0.25) is 0 Å². The second-order valence-corrected chi connectivity index (χ2v) is 6.56. The Morgan fingerprint density at radius 1 is 1.22 bits per heavy atom. The average Bonchev–Trinajstić information content (AvgIpc) is 2.96. The average molecular weight is 321 g/mol. The van der Waals surface area contributed by atoms with Gasteiger partial charge in [0.15, 0.2) is 0 Å². The van der Waals surface area contributed by atoms with Gasteiger partial charge in [0.25, 0.3) is 0 Å². The van der Waals surface area contributed by atoms with Crippen LogP contribution in [0.15, 0.2) is 40.2 Å². The summed E-state index contributed by atoms with van der Waals surface area (Å²) in [6.07, 6.45) is 2.40. The fraction of sp³-hybridized carbons (Fsp3) is 0.267. The van der Waals surface area contributed by atoms with Crippen LogP contribution in [-0.4, -0.2) is 5.78 Å². The summed E-state index contributed by atoms with van der Waals surface area (Å²) in [5.41, 5.74) is 2.70. The molecule has 0 amide bonds. The lowest BCUT2D eigenvalue weighted by atomic mass is 9.98. The summed E-state index contributed by atoms with van der Waals surface area (Å²) < 4.78 is 1.07. The Labute approximate surface area is 119 Å². The minimum absolute atomic E-state index is 0.177. The molecule has 0 saturated heterocycles. The van der Waals surface area contributed by atoms with E-state index in [1.165, 1.54) is 11.1 Å². The maximum absolute atomic E-state index is 12.3. The minimum Gasteiger partial charge on any atom is -0.299 e. The molecule has 3 rings (SSSR count). The van der Waals surface area contributed by atoms with Gasteiger partial charge in [-0.15, -0.1) is 11.3 Å². The lowest BCUT2D eigenvalue weighted by Crippen LogP contribution is -2.16. The number of rotatable bonds is 3. The molecule has 1 nitrogen and oxygen atoms in total. The highest BCUT2D eigenvalue weighted by Crippen LogP contribution is 2.30. The Bertz CT molecular complexity index is 563. The van der Waals surface area contributed by atoms with Crippen LogP contribution in [0.3, 0.4) is 0 Å². The molecule has 0 spiro atoms. The Hall–Kier alpha value is -0.930. The third-order valence-corrected chi connectivity index (χ3v) is 5.46. The maximum atomic E-state index is 12.3. The van der Waals surface area contributed by atoms with Crippen LogP contribution in [0.5, 0.6) is 0 Å². The largest absolute Gasteiger partial charge is 0.299 e. The zero-order chi connectivity index (χ0) is 12.5. The van der Waals surface area contributed by atoms with E-state index < -0.39 is 0 Å². The molecule has 2 aromatic rings. The number of hydrogen-bond acceptors (Lipinski definition) is 2. The van der Waals surface area contributed by atoms with Gasteiger partial charge in [-0.05, 0) is 51.3 Å². The summed E-state index contributed by atoms with van der Waals surface area (Å²) in [5.74, 6) is 0.547. The monoisotopic (exact) mass is 320 g/mol. The Morgan fingerprint density at radius 2 is 1.89 bits per heavy atom. The van der Waals surface area contributed by atoms with Gasteiger partial charge < -0.3 is 0 Å². The molecule has 0 saturated carbocycles. The molecule has 0 radical (unpaired) electrons. The molecule has 1 heterocycles. The number of Topliss-reactive ketones (excluding diaryl/α,β-unsaturated/α-hetero) is 1. The molecule has 18 heavy (non-hydrogen) atoms. The van der Waals surface area contributed by atoms with Crippen molar-refractivity contribution in [1.82, 2.24) is 0 Å². The highest BCUT2D eigenvalue weighted by Gasteiger charge is 2.27. The normalized spacial score (nSPS) is 14.7. The van der Waals surface area contributed by atoms with Crippen LogP contribution in [0.25, 0.3) is 0 Å². The third-order valence-electron chi connectivity index (χ3n) is 3.53. The molecule has 3 heteroatoms. The van der Waals surface area contributed by atoms with Gasteiger partial charge in [-0.25, -0.2) is 0 Å². The third kappa shape index (κ3) is 2.29. The van der Waals surface area contributed by atoms with Crippen molar-refractivity contribution in [2.75, 3.05) is 0 Å². The van der Waals surface area contributed by atoms with Crippen molar-refractivity contribution in [3.8, 4) is 0 Å². The first-order valence-electron chi connectivity index (χ1n) is 6.05. The van der Waals surface area contributed by atoms with Gasteiger partial charge in [0.05, 0.1) is 0 Å². The van der Waals surface area contributed by atoms with E-state index in [-0.39, 0.29) is 5.92 Å². The zero-order valence-electron chi connectivity index (χ0n) is 9.86. The first-order chi connectivity index (χ1) is 8.74.